The summed E-state index contributed by atoms with van der Waals surface area (Å²) in [5, 5.41) is 10.6. The van der Waals surface area contributed by atoms with E-state index in [-0.39, 0.29) is 17.4 Å². The number of aliphatic hydroxyl groups excluding tert-OH is 1. The van der Waals surface area contributed by atoms with E-state index in [0.717, 1.165) is 57.9 Å². The molecular formula is C22H33NO2. The zero-order valence-corrected chi connectivity index (χ0v) is 15.6. The van der Waals surface area contributed by atoms with E-state index in [4.69, 9.17) is 0 Å². The third kappa shape index (κ3) is 4.25. The number of hydrogen-bond donors (Lipinski definition) is 1. The van der Waals surface area contributed by atoms with E-state index in [9.17, 15) is 9.90 Å². The molecule has 1 amide bonds. The molecule has 3 heteroatoms. The van der Waals surface area contributed by atoms with Gasteiger partial charge in [-0.15, -0.1) is 0 Å². The highest BCUT2D eigenvalue weighted by Crippen LogP contribution is 2.47. The Hall–Kier alpha value is -1.35. The molecule has 1 aromatic rings. The fourth-order valence-electron chi connectivity index (χ4n) is 4.71. The van der Waals surface area contributed by atoms with Gasteiger partial charge in [-0.3, -0.25) is 4.79 Å². The first-order valence-electron chi connectivity index (χ1n) is 10.2. The van der Waals surface area contributed by atoms with Crippen molar-refractivity contribution >= 4 is 5.91 Å². The van der Waals surface area contributed by atoms with Crippen molar-refractivity contribution in [2.75, 3.05) is 6.54 Å². The lowest BCUT2D eigenvalue weighted by molar-refractivity contribution is -0.130. The Morgan fingerprint density at radius 2 is 2.04 bits per heavy atom. The number of benzene rings is 1. The standard InChI is InChI=1S/C22H33NO2/c1-2-22(15-7-16-22)20(24)14-17-23-19(12-13-21(23)25)11-6-10-18-8-4-3-5-9-18/h3-5,8-9,19-20,24H,2,6-7,10-17H2,1H3/t19?,20-/m0/s1. The normalized spacial score (nSPS) is 23.5. The third-order valence-corrected chi connectivity index (χ3v) is 6.70. The fraction of sp³-hybridized carbons (Fsp3) is 0.682. The van der Waals surface area contributed by atoms with Crippen LogP contribution in [0.3, 0.4) is 0 Å². The second-order valence-electron chi connectivity index (χ2n) is 8.03. The molecule has 1 N–H and O–H groups in total. The molecule has 1 heterocycles. The summed E-state index contributed by atoms with van der Waals surface area (Å²) in [4.78, 5) is 14.3. The first-order valence-corrected chi connectivity index (χ1v) is 10.2. The molecule has 138 valence electrons. The molecule has 1 aliphatic heterocycles. The number of hydrogen-bond acceptors (Lipinski definition) is 2. The average molecular weight is 344 g/mol. The summed E-state index contributed by atoms with van der Waals surface area (Å²) in [6, 6.07) is 11.0. The zero-order valence-electron chi connectivity index (χ0n) is 15.6. The maximum atomic E-state index is 12.3. The molecule has 1 saturated heterocycles. The lowest BCUT2D eigenvalue weighted by atomic mass is 9.63. The monoisotopic (exact) mass is 343 g/mol. The molecule has 2 fully saturated rings. The molecule has 0 aromatic heterocycles. The zero-order chi connectivity index (χ0) is 17.7. The summed E-state index contributed by atoms with van der Waals surface area (Å²) in [5.74, 6) is 0.288. The number of likely N-dealkylation sites (tertiary alicyclic amines) is 1. The molecule has 3 rings (SSSR count). The van der Waals surface area contributed by atoms with E-state index in [2.05, 4.69) is 42.2 Å². The molecule has 1 aromatic carbocycles. The van der Waals surface area contributed by atoms with Crippen LogP contribution in [0.25, 0.3) is 0 Å². The quantitative estimate of drug-likeness (QED) is 0.725. The summed E-state index contributed by atoms with van der Waals surface area (Å²) in [6.07, 6.45) is 10.1. The number of carbonyl (C=O) groups excluding carboxylic acids is 1. The van der Waals surface area contributed by atoms with Crippen LogP contribution in [-0.4, -0.2) is 34.6 Å². The maximum absolute atomic E-state index is 12.3. The molecule has 1 saturated carbocycles. The highest BCUT2D eigenvalue weighted by molar-refractivity contribution is 5.78. The van der Waals surface area contributed by atoms with Crippen molar-refractivity contribution < 1.29 is 9.90 Å². The van der Waals surface area contributed by atoms with E-state index >= 15 is 0 Å². The summed E-state index contributed by atoms with van der Waals surface area (Å²) in [7, 11) is 0. The Balaban J connectivity index is 1.46. The minimum absolute atomic E-state index is 0.144. The summed E-state index contributed by atoms with van der Waals surface area (Å²) in [5.41, 5.74) is 1.52. The van der Waals surface area contributed by atoms with E-state index in [1.54, 1.807) is 0 Å². The van der Waals surface area contributed by atoms with Crippen molar-refractivity contribution in [3.8, 4) is 0 Å². The number of nitrogens with zero attached hydrogens (tertiary/aromatic N) is 1. The Morgan fingerprint density at radius 1 is 1.28 bits per heavy atom. The molecule has 0 spiro atoms. The Kier molecular flexibility index (Phi) is 6.16. The minimum atomic E-state index is -0.246. The SMILES string of the molecule is CCC1([C@@H](O)CCN2C(=O)CCC2CCCc2ccccc2)CCC1. The number of aryl methyl sites for hydroxylation is 1. The van der Waals surface area contributed by atoms with Gasteiger partial charge in [0.15, 0.2) is 0 Å². The first-order chi connectivity index (χ1) is 12.1. The van der Waals surface area contributed by atoms with Gasteiger partial charge in [-0.05, 0) is 62.3 Å². The second-order valence-corrected chi connectivity index (χ2v) is 8.03. The third-order valence-electron chi connectivity index (χ3n) is 6.70. The second kappa shape index (κ2) is 8.35. The summed E-state index contributed by atoms with van der Waals surface area (Å²) >= 11 is 0. The van der Waals surface area contributed by atoms with Crippen molar-refractivity contribution in [1.29, 1.82) is 0 Å². The number of rotatable bonds is 9. The fourth-order valence-corrected chi connectivity index (χ4v) is 4.71. The maximum Gasteiger partial charge on any atom is 0.222 e. The molecule has 3 nitrogen and oxygen atoms in total. The van der Waals surface area contributed by atoms with E-state index in [1.165, 1.54) is 12.0 Å². The van der Waals surface area contributed by atoms with E-state index in [0.29, 0.717) is 12.5 Å². The van der Waals surface area contributed by atoms with Crippen LogP contribution in [0.5, 0.6) is 0 Å². The van der Waals surface area contributed by atoms with Crippen LogP contribution < -0.4 is 0 Å². The van der Waals surface area contributed by atoms with Crippen LogP contribution in [0.4, 0.5) is 0 Å². The van der Waals surface area contributed by atoms with Gasteiger partial charge in [0.25, 0.3) is 0 Å². The van der Waals surface area contributed by atoms with Crippen LogP contribution in [0.15, 0.2) is 30.3 Å². The molecule has 2 atom stereocenters. The topological polar surface area (TPSA) is 40.5 Å². The first kappa shape index (κ1) is 18.4. The number of amides is 1. The van der Waals surface area contributed by atoms with Crippen molar-refractivity contribution in [3.63, 3.8) is 0 Å². The lowest BCUT2D eigenvalue weighted by Crippen LogP contribution is -2.43. The number of aliphatic hydroxyl groups is 1. The van der Waals surface area contributed by atoms with Gasteiger partial charge in [0.05, 0.1) is 6.10 Å². The Labute approximate surface area is 152 Å². The van der Waals surface area contributed by atoms with Gasteiger partial charge in [-0.2, -0.15) is 0 Å². The molecule has 25 heavy (non-hydrogen) atoms. The Bertz CT molecular complexity index is 547. The van der Waals surface area contributed by atoms with Crippen LogP contribution in [0.1, 0.15) is 70.3 Å². The van der Waals surface area contributed by atoms with Crippen molar-refractivity contribution in [2.24, 2.45) is 5.41 Å². The highest BCUT2D eigenvalue weighted by Gasteiger charge is 2.42. The van der Waals surface area contributed by atoms with Gasteiger partial charge in [0.1, 0.15) is 0 Å². The van der Waals surface area contributed by atoms with Crippen molar-refractivity contribution in [2.45, 2.75) is 83.3 Å². The van der Waals surface area contributed by atoms with Gasteiger partial charge in [0.2, 0.25) is 5.91 Å². The van der Waals surface area contributed by atoms with Crippen LogP contribution in [-0.2, 0) is 11.2 Å². The van der Waals surface area contributed by atoms with Crippen LogP contribution >= 0.6 is 0 Å². The predicted molar refractivity (Wildman–Crippen MR) is 101 cm³/mol. The molecule has 0 radical (unpaired) electrons. The molecular weight excluding hydrogens is 310 g/mol. The van der Waals surface area contributed by atoms with Gasteiger partial charge in [-0.1, -0.05) is 43.7 Å². The smallest absolute Gasteiger partial charge is 0.222 e. The molecule has 0 bridgehead atoms. The van der Waals surface area contributed by atoms with Crippen LogP contribution in [0, 0.1) is 5.41 Å². The largest absolute Gasteiger partial charge is 0.392 e. The molecule has 2 aliphatic rings. The van der Waals surface area contributed by atoms with E-state index < -0.39 is 0 Å². The summed E-state index contributed by atoms with van der Waals surface area (Å²) < 4.78 is 0. The molecule has 1 aliphatic carbocycles. The predicted octanol–water partition coefficient (Wildman–Crippen LogP) is 4.33. The van der Waals surface area contributed by atoms with Crippen molar-refractivity contribution in [3.05, 3.63) is 35.9 Å². The average Bonchev–Trinajstić information content (AvgIpc) is 2.93. The van der Waals surface area contributed by atoms with Crippen LogP contribution in [0.2, 0.25) is 0 Å². The van der Waals surface area contributed by atoms with E-state index in [1.807, 2.05) is 0 Å². The minimum Gasteiger partial charge on any atom is -0.392 e. The highest BCUT2D eigenvalue weighted by atomic mass is 16.3. The van der Waals surface area contributed by atoms with Gasteiger partial charge in [0, 0.05) is 19.0 Å². The van der Waals surface area contributed by atoms with Gasteiger partial charge < -0.3 is 10.0 Å². The molecule has 1 unspecified atom stereocenters. The number of carbonyl (C=O) groups is 1. The van der Waals surface area contributed by atoms with Gasteiger partial charge >= 0.3 is 0 Å². The van der Waals surface area contributed by atoms with Crippen molar-refractivity contribution in [1.82, 2.24) is 4.90 Å². The Morgan fingerprint density at radius 3 is 2.68 bits per heavy atom. The summed E-state index contributed by atoms with van der Waals surface area (Å²) in [6.45, 7) is 2.92. The lowest BCUT2D eigenvalue weighted by Gasteiger charge is -2.45. The van der Waals surface area contributed by atoms with Gasteiger partial charge in [-0.25, -0.2) is 0 Å².